The molecule has 3 N–H and O–H groups in total. The molecule has 100 valence electrons. The maximum Gasteiger partial charge on any atom is 0.271 e. The molecule has 0 fully saturated rings. The Balaban J connectivity index is 2.58. The highest BCUT2D eigenvalue weighted by molar-refractivity contribution is 7.84. The van der Waals surface area contributed by atoms with Crippen LogP contribution in [0.1, 0.15) is 13.3 Å². The highest BCUT2D eigenvalue weighted by Gasteiger charge is 2.09. The Morgan fingerprint density at radius 3 is 2.72 bits per heavy atom. The van der Waals surface area contributed by atoms with E-state index < -0.39 is 15.7 Å². The number of nitro benzene ring substituents is 1. The second kappa shape index (κ2) is 6.34. The van der Waals surface area contributed by atoms with Crippen molar-refractivity contribution >= 4 is 27.9 Å². The fourth-order valence-electron chi connectivity index (χ4n) is 1.40. The monoisotopic (exact) mass is 271 g/mol. The lowest BCUT2D eigenvalue weighted by Gasteiger charge is -2.11. The second-order valence-corrected chi connectivity index (χ2v) is 5.86. The molecule has 0 radical (unpaired) electrons. The van der Waals surface area contributed by atoms with E-state index in [2.05, 4.69) is 5.32 Å². The van der Waals surface area contributed by atoms with Gasteiger partial charge in [0.1, 0.15) is 0 Å². The molecule has 7 heteroatoms. The van der Waals surface area contributed by atoms with Crippen LogP contribution in [-0.4, -0.2) is 27.2 Å². The minimum Gasteiger partial charge on any atom is -0.397 e. The smallest absolute Gasteiger partial charge is 0.271 e. The Bertz CT molecular complexity index is 465. The molecule has 0 aromatic heterocycles. The molecule has 2 unspecified atom stereocenters. The number of hydrogen-bond donors (Lipinski definition) is 2. The van der Waals surface area contributed by atoms with Crippen LogP contribution in [0.25, 0.3) is 0 Å². The normalized spacial score (nSPS) is 13.9. The highest BCUT2D eigenvalue weighted by Crippen LogP contribution is 2.24. The summed E-state index contributed by atoms with van der Waals surface area (Å²) in [6.45, 7) is 2.54. The van der Waals surface area contributed by atoms with Crippen molar-refractivity contribution in [3.63, 3.8) is 0 Å². The van der Waals surface area contributed by atoms with Crippen LogP contribution >= 0.6 is 0 Å². The number of rotatable bonds is 6. The van der Waals surface area contributed by atoms with Gasteiger partial charge in [0.25, 0.3) is 5.69 Å². The number of non-ortho nitro benzene ring substituents is 1. The summed E-state index contributed by atoms with van der Waals surface area (Å²) >= 11 is 0. The molecule has 0 aliphatic carbocycles. The average molecular weight is 271 g/mol. The van der Waals surface area contributed by atoms with Crippen molar-refractivity contribution in [1.82, 2.24) is 0 Å². The molecule has 0 heterocycles. The van der Waals surface area contributed by atoms with Crippen LogP contribution < -0.4 is 11.1 Å². The summed E-state index contributed by atoms with van der Waals surface area (Å²) in [6.07, 6.45) is 2.42. The summed E-state index contributed by atoms with van der Waals surface area (Å²) in [7, 11) is -0.844. The second-order valence-electron chi connectivity index (χ2n) is 4.05. The van der Waals surface area contributed by atoms with Crippen molar-refractivity contribution in [2.45, 2.75) is 18.6 Å². The summed E-state index contributed by atoms with van der Waals surface area (Å²) < 4.78 is 11.2. The van der Waals surface area contributed by atoms with Crippen LogP contribution in [0, 0.1) is 10.1 Å². The van der Waals surface area contributed by atoms with Crippen molar-refractivity contribution in [3.8, 4) is 0 Å². The van der Waals surface area contributed by atoms with Gasteiger partial charge < -0.3 is 11.1 Å². The third kappa shape index (κ3) is 3.99. The van der Waals surface area contributed by atoms with Gasteiger partial charge in [-0.1, -0.05) is 6.92 Å². The Morgan fingerprint density at radius 1 is 1.56 bits per heavy atom. The van der Waals surface area contributed by atoms with Gasteiger partial charge >= 0.3 is 0 Å². The molecule has 18 heavy (non-hydrogen) atoms. The zero-order chi connectivity index (χ0) is 13.7. The van der Waals surface area contributed by atoms with Crippen LogP contribution in [0.2, 0.25) is 0 Å². The van der Waals surface area contributed by atoms with Crippen molar-refractivity contribution < 1.29 is 9.13 Å². The maximum atomic E-state index is 11.2. The summed E-state index contributed by atoms with van der Waals surface area (Å²) in [5.74, 6) is 0. The number of hydrogen-bond acceptors (Lipinski definition) is 5. The molecular formula is C11H17N3O3S. The molecule has 1 aromatic rings. The van der Waals surface area contributed by atoms with E-state index >= 15 is 0 Å². The first-order valence-electron chi connectivity index (χ1n) is 5.52. The van der Waals surface area contributed by atoms with E-state index in [9.17, 15) is 14.3 Å². The van der Waals surface area contributed by atoms with E-state index in [1.165, 1.54) is 12.1 Å². The van der Waals surface area contributed by atoms with Gasteiger partial charge in [-0.05, 0) is 12.5 Å². The molecule has 0 saturated carbocycles. The number of benzene rings is 1. The van der Waals surface area contributed by atoms with Crippen molar-refractivity contribution in [2.24, 2.45) is 0 Å². The minimum absolute atomic E-state index is 0.0268. The third-order valence-electron chi connectivity index (χ3n) is 2.68. The standard InChI is InChI=1S/C11H17N3O3S/c1-8(18(2)17)5-6-13-11-4-3-9(14(15)16)7-10(11)12/h3-4,7-8,13H,5-6,12H2,1-2H3. The summed E-state index contributed by atoms with van der Waals surface area (Å²) in [4.78, 5) is 10.1. The lowest BCUT2D eigenvalue weighted by Crippen LogP contribution is -2.15. The van der Waals surface area contributed by atoms with Gasteiger partial charge in [0, 0.05) is 41.0 Å². The van der Waals surface area contributed by atoms with E-state index in [1.807, 2.05) is 6.92 Å². The van der Waals surface area contributed by atoms with Gasteiger partial charge in [0.05, 0.1) is 16.3 Å². The lowest BCUT2D eigenvalue weighted by atomic mass is 10.2. The predicted octanol–water partition coefficient (Wildman–Crippen LogP) is 1.75. The van der Waals surface area contributed by atoms with Crippen LogP contribution in [0.3, 0.4) is 0 Å². The maximum absolute atomic E-state index is 11.2. The van der Waals surface area contributed by atoms with Gasteiger partial charge in [-0.25, -0.2) is 0 Å². The first-order valence-corrected chi connectivity index (χ1v) is 7.14. The van der Waals surface area contributed by atoms with Gasteiger partial charge in [0.15, 0.2) is 0 Å². The van der Waals surface area contributed by atoms with E-state index in [0.717, 1.165) is 6.42 Å². The number of nitrogen functional groups attached to an aromatic ring is 1. The quantitative estimate of drug-likeness (QED) is 0.466. The van der Waals surface area contributed by atoms with Crippen LogP contribution in [-0.2, 0) is 10.8 Å². The molecular weight excluding hydrogens is 254 g/mol. The molecule has 1 aromatic carbocycles. The summed E-state index contributed by atoms with van der Waals surface area (Å²) in [5, 5.41) is 13.7. The molecule has 0 spiro atoms. The van der Waals surface area contributed by atoms with Gasteiger partial charge in [0.2, 0.25) is 0 Å². The van der Waals surface area contributed by atoms with E-state index in [0.29, 0.717) is 17.9 Å². The zero-order valence-electron chi connectivity index (χ0n) is 10.4. The predicted molar refractivity (Wildman–Crippen MR) is 74.1 cm³/mol. The molecule has 0 amide bonds. The zero-order valence-corrected chi connectivity index (χ0v) is 11.2. The van der Waals surface area contributed by atoms with Crippen molar-refractivity contribution in [2.75, 3.05) is 23.9 Å². The molecule has 0 saturated heterocycles. The van der Waals surface area contributed by atoms with Crippen molar-refractivity contribution in [3.05, 3.63) is 28.3 Å². The Kier molecular flexibility index (Phi) is 5.08. The van der Waals surface area contributed by atoms with Gasteiger partial charge in [-0.15, -0.1) is 0 Å². The number of nitrogens with one attached hydrogen (secondary N) is 1. The highest BCUT2D eigenvalue weighted by atomic mass is 32.2. The Labute approximate surface area is 108 Å². The number of nitrogens with zero attached hydrogens (tertiary/aromatic N) is 1. The molecule has 1 rings (SSSR count). The number of anilines is 2. The third-order valence-corrected chi connectivity index (χ3v) is 4.05. The lowest BCUT2D eigenvalue weighted by molar-refractivity contribution is -0.384. The number of nitrogens with two attached hydrogens (primary N) is 1. The Morgan fingerprint density at radius 2 is 2.22 bits per heavy atom. The fourth-order valence-corrected chi connectivity index (χ4v) is 1.85. The van der Waals surface area contributed by atoms with Crippen LogP contribution in [0.5, 0.6) is 0 Å². The molecule has 0 aliphatic rings. The number of nitro groups is 1. The molecule has 6 nitrogen and oxygen atoms in total. The first-order chi connectivity index (χ1) is 8.41. The Hall–Kier alpha value is -1.63. The van der Waals surface area contributed by atoms with Crippen molar-refractivity contribution in [1.29, 1.82) is 0 Å². The molecule has 0 bridgehead atoms. The molecule has 0 aliphatic heterocycles. The van der Waals surface area contributed by atoms with E-state index in [4.69, 9.17) is 5.73 Å². The van der Waals surface area contributed by atoms with Gasteiger partial charge in [-0.2, -0.15) is 0 Å². The van der Waals surface area contributed by atoms with Gasteiger partial charge in [-0.3, -0.25) is 14.3 Å². The minimum atomic E-state index is -0.844. The van der Waals surface area contributed by atoms with E-state index in [-0.39, 0.29) is 10.9 Å². The van der Waals surface area contributed by atoms with E-state index in [1.54, 1.807) is 12.3 Å². The first kappa shape index (κ1) is 14.4. The molecule has 2 atom stereocenters. The largest absolute Gasteiger partial charge is 0.397 e. The van der Waals surface area contributed by atoms with Crippen LogP contribution in [0.15, 0.2) is 18.2 Å². The summed E-state index contributed by atoms with van der Waals surface area (Å²) in [5.41, 5.74) is 6.69. The summed E-state index contributed by atoms with van der Waals surface area (Å²) in [6, 6.07) is 4.31. The van der Waals surface area contributed by atoms with Crippen LogP contribution in [0.4, 0.5) is 17.1 Å². The average Bonchev–Trinajstić information content (AvgIpc) is 2.30. The fraction of sp³-hybridized carbons (Fsp3) is 0.455. The SMILES string of the molecule is CC(CCNc1ccc([N+](=O)[O-])cc1N)S(C)=O. The topological polar surface area (TPSA) is 98.3 Å².